The van der Waals surface area contributed by atoms with Crippen LogP contribution < -0.4 is 20.1 Å². The van der Waals surface area contributed by atoms with Crippen molar-refractivity contribution in [1.29, 1.82) is 0 Å². The van der Waals surface area contributed by atoms with Gasteiger partial charge in [0.05, 0.1) is 30.2 Å². The number of benzene rings is 4. The summed E-state index contributed by atoms with van der Waals surface area (Å²) >= 11 is 0. The van der Waals surface area contributed by atoms with Crippen LogP contribution in [-0.4, -0.2) is 58.9 Å². The van der Waals surface area contributed by atoms with E-state index in [-0.39, 0.29) is 42.3 Å². The Balaban J connectivity index is 1.29. The van der Waals surface area contributed by atoms with Crippen molar-refractivity contribution in [2.45, 2.75) is 31.6 Å². The van der Waals surface area contributed by atoms with E-state index in [0.29, 0.717) is 33.7 Å². The molecule has 6 rings (SSSR count). The summed E-state index contributed by atoms with van der Waals surface area (Å²) in [6, 6.07) is 24.1. The molecule has 0 radical (unpaired) electrons. The normalized spacial score (nSPS) is 16.7. The third kappa shape index (κ3) is 7.49. The van der Waals surface area contributed by atoms with E-state index in [4.69, 9.17) is 24.4 Å². The van der Waals surface area contributed by atoms with E-state index >= 15 is 0 Å². The molecule has 5 aromatic rings. The minimum Gasteiger partial charge on any atom is -0.462 e. The number of rotatable bonds is 10. The lowest BCUT2D eigenvalue weighted by Crippen LogP contribution is -2.41. The number of sulfonamides is 1. The second-order valence-electron chi connectivity index (χ2n) is 12.0. The number of fused-ring (bicyclic) bond motifs is 2. The first-order valence-corrected chi connectivity index (χ1v) is 17.7. The lowest BCUT2D eigenvalue weighted by Gasteiger charge is -2.25. The van der Waals surface area contributed by atoms with Crippen molar-refractivity contribution in [3.63, 3.8) is 0 Å². The predicted molar refractivity (Wildman–Crippen MR) is 186 cm³/mol. The molecule has 3 atom stereocenters. The molecule has 4 aromatic carbocycles. The second-order valence-corrected chi connectivity index (χ2v) is 13.9. The largest absolute Gasteiger partial charge is 0.462 e. The van der Waals surface area contributed by atoms with Gasteiger partial charge in [-0.05, 0) is 73.5 Å². The number of hydrogen-bond acceptors (Lipinski definition) is 9. The van der Waals surface area contributed by atoms with Crippen LogP contribution in [0.5, 0.6) is 11.5 Å². The van der Waals surface area contributed by atoms with Crippen LogP contribution in [0.3, 0.4) is 0 Å². The Morgan fingerprint density at radius 2 is 1.68 bits per heavy atom. The third-order valence-corrected chi connectivity index (χ3v) is 9.49. The van der Waals surface area contributed by atoms with Gasteiger partial charge in [-0.15, -0.1) is 0 Å². The Morgan fingerprint density at radius 3 is 2.32 bits per heavy atom. The minimum absolute atomic E-state index is 0.145. The van der Waals surface area contributed by atoms with Gasteiger partial charge in [0.15, 0.2) is 0 Å². The van der Waals surface area contributed by atoms with Crippen LogP contribution in [-0.2, 0) is 30.7 Å². The maximum atomic E-state index is 13.3. The van der Waals surface area contributed by atoms with Gasteiger partial charge in [0.1, 0.15) is 47.4 Å². The summed E-state index contributed by atoms with van der Waals surface area (Å²) in [5, 5.41) is 3.11. The van der Waals surface area contributed by atoms with Crippen molar-refractivity contribution in [2.24, 2.45) is 5.73 Å². The summed E-state index contributed by atoms with van der Waals surface area (Å²) in [5.74, 6) is -0.217. The zero-order valence-corrected chi connectivity index (χ0v) is 28.4. The van der Waals surface area contributed by atoms with Crippen molar-refractivity contribution in [3.05, 3.63) is 114 Å². The minimum atomic E-state index is -3.86. The van der Waals surface area contributed by atoms with Crippen LogP contribution in [0, 0.1) is 5.82 Å². The molecule has 11 nitrogen and oxygen atoms in total. The van der Waals surface area contributed by atoms with Crippen molar-refractivity contribution in [3.8, 4) is 22.8 Å². The Morgan fingerprint density at radius 1 is 1.02 bits per heavy atom. The topological polar surface area (TPSA) is 150 Å². The molecule has 2 heterocycles. The Hall–Kier alpha value is -5.24. The molecule has 1 aliphatic rings. The molecule has 260 valence electrons. The van der Waals surface area contributed by atoms with Crippen molar-refractivity contribution in [2.75, 3.05) is 30.8 Å². The number of nitrogens with two attached hydrogens (primary N) is 1. The quantitative estimate of drug-likeness (QED) is 0.174. The van der Waals surface area contributed by atoms with Gasteiger partial charge in [-0.3, -0.25) is 13.9 Å². The first-order valence-electron chi connectivity index (χ1n) is 15.9. The fraction of sp³-hybridized carbons (Fsp3) is 0.243. The average molecular weight is 702 g/mol. The molecular formula is C37H36FN3O8S. The molecular weight excluding hydrogens is 665 g/mol. The SMILES string of the molecule is CNC(=O)c1c(-c2ccc(Oc3ccc(F)cc3)cc2)oc2cc3c(cc12)[C@H](C)O[C@H](COC(=O)[C@@H](N)Cc1ccccc1)CN3S(C)(=O)=O. The van der Waals surface area contributed by atoms with E-state index in [1.165, 1.54) is 35.6 Å². The molecule has 0 bridgehead atoms. The van der Waals surface area contributed by atoms with E-state index in [1.807, 2.05) is 30.3 Å². The summed E-state index contributed by atoms with van der Waals surface area (Å²) in [5.41, 5.74) is 8.89. The van der Waals surface area contributed by atoms with E-state index in [2.05, 4.69) is 5.32 Å². The lowest BCUT2D eigenvalue weighted by atomic mass is 10.0. The highest BCUT2D eigenvalue weighted by Gasteiger charge is 2.34. The molecule has 0 spiro atoms. The number of amides is 1. The zero-order valence-electron chi connectivity index (χ0n) is 27.6. The van der Waals surface area contributed by atoms with Crippen LogP contribution in [0.4, 0.5) is 10.1 Å². The number of furan rings is 1. The molecule has 3 N–H and O–H groups in total. The van der Waals surface area contributed by atoms with Gasteiger partial charge in [-0.2, -0.15) is 0 Å². The van der Waals surface area contributed by atoms with Crippen LogP contribution in [0.25, 0.3) is 22.3 Å². The summed E-state index contributed by atoms with van der Waals surface area (Å²) in [6.07, 6.45) is -0.127. The van der Waals surface area contributed by atoms with Gasteiger partial charge in [-0.25, -0.2) is 12.8 Å². The number of nitrogens with zero attached hydrogens (tertiary/aromatic N) is 1. The average Bonchev–Trinajstić information content (AvgIpc) is 3.41. The van der Waals surface area contributed by atoms with Crippen molar-refractivity contribution in [1.82, 2.24) is 5.32 Å². The number of nitrogens with one attached hydrogen (secondary N) is 1. The maximum Gasteiger partial charge on any atom is 0.323 e. The van der Waals surface area contributed by atoms with Gasteiger partial charge in [-0.1, -0.05) is 30.3 Å². The molecule has 1 aliphatic heterocycles. The summed E-state index contributed by atoms with van der Waals surface area (Å²) in [4.78, 5) is 26.1. The van der Waals surface area contributed by atoms with Gasteiger partial charge in [0.25, 0.3) is 5.91 Å². The third-order valence-electron chi connectivity index (χ3n) is 8.34. The number of hydrogen-bond donors (Lipinski definition) is 2. The van der Waals surface area contributed by atoms with E-state index in [0.717, 1.165) is 11.8 Å². The molecule has 0 saturated heterocycles. The number of anilines is 1. The van der Waals surface area contributed by atoms with Crippen LogP contribution in [0.1, 0.15) is 34.5 Å². The Bertz CT molecular complexity index is 2120. The van der Waals surface area contributed by atoms with Gasteiger partial charge < -0.3 is 29.7 Å². The first-order chi connectivity index (χ1) is 23.9. The standard InChI is InChI=1S/C37H36FN3O8S/c1-22-29-18-30-33(49-35(34(30)36(42)40-2)24-9-13-26(14-10-24)48-27-15-11-25(38)12-16-27)19-32(29)41(50(3,44)45)20-28(47-22)21-46-37(43)31(39)17-23-7-5-4-6-8-23/h4-16,18-19,22,28,31H,17,20-21,39H2,1-3H3,(H,40,42)/t22-,28-,31-/m0/s1. The van der Waals surface area contributed by atoms with E-state index < -0.39 is 40.1 Å². The monoisotopic (exact) mass is 701 g/mol. The lowest BCUT2D eigenvalue weighted by molar-refractivity contribution is -0.150. The predicted octanol–water partition coefficient (Wildman–Crippen LogP) is 5.73. The van der Waals surface area contributed by atoms with Crippen LogP contribution in [0.2, 0.25) is 0 Å². The van der Waals surface area contributed by atoms with Crippen molar-refractivity contribution >= 4 is 38.6 Å². The highest BCUT2D eigenvalue weighted by atomic mass is 32.2. The number of carbonyl (C=O) groups is 2. The summed E-state index contributed by atoms with van der Waals surface area (Å²) < 4.78 is 64.7. The molecule has 0 aliphatic carbocycles. The molecule has 1 aromatic heterocycles. The Kier molecular flexibility index (Phi) is 9.91. The fourth-order valence-corrected chi connectivity index (χ4v) is 6.84. The number of halogens is 1. The van der Waals surface area contributed by atoms with Gasteiger partial charge in [0, 0.05) is 29.6 Å². The zero-order chi connectivity index (χ0) is 35.6. The summed E-state index contributed by atoms with van der Waals surface area (Å²) in [6.45, 7) is 1.39. The fourth-order valence-electron chi connectivity index (χ4n) is 5.89. The Labute approximate surface area is 288 Å². The number of esters is 1. The maximum absolute atomic E-state index is 13.3. The smallest absolute Gasteiger partial charge is 0.323 e. The second kappa shape index (κ2) is 14.3. The van der Waals surface area contributed by atoms with E-state index in [9.17, 15) is 22.4 Å². The van der Waals surface area contributed by atoms with Crippen LogP contribution >= 0.6 is 0 Å². The molecule has 50 heavy (non-hydrogen) atoms. The van der Waals surface area contributed by atoms with Gasteiger partial charge >= 0.3 is 5.97 Å². The highest BCUT2D eigenvalue weighted by Crippen LogP contribution is 2.42. The highest BCUT2D eigenvalue weighted by molar-refractivity contribution is 7.92. The first kappa shape index (κ1) is 34.6. The number of ether oxygens (including phenoxy) is 3. The van der Waals surface area contributed by atoms with Crippen molar-refractivity contribution < 1.29 is 41.0 Å². The number of carbonyl (C=O) groups excluding carboxylic acids is 2. The molecule has 13 heteroatoms. The molecule has 0 unspecified atom stereocenters. The summed E-state index contributed by atoms with van der Waals surface area (Å²) in [7, 11) is -2.36. The van der Waals surface area contributed by atoms with Crippen LogP contribution in [0.15, 0.2) is 95.4 Å². The molecule has 1 amide bonds. The molecule has 0 saturated carbocycles. The molecule has 0 fully saturated rings. The van der Waals surface area contributed by atoms with Gasteiger partial charge in [0.2, 0.25) is 10.0 Å². The van der Waals surface area contributed by atoms with E-state index in [1.54, 1.807) is 43.3 Å².